The fraction of sp³-hybridized carbons (Fsp3) is 0.417. The molecule has 1 aromatic heterocycles. The molecule has 4 nitrogen and oxygen atoms in total. The van der Waals surface area contributed by atoms with Gasteiger partial charge in [0.1, 0.15) is 11.6 Å². The third-order valence-electron chi connectivity index (χ3n) is 2.86. The Kier molecular flexibility index (Phi) is 2.78. The van der Waals surface area contributed by atoms with Crippen molar-refractivity contribution in [3.63, 3.8) is 0 Å². The number of fused-ring (bicyclic) bond motifs is 1. The van der Waals surface area contributed by atoms with E-state index in [4.69, 9.17) is 20.8 Å². The van der Waals surface area contributed by atoms with Crippen LogP contribution < -0.4 is 5.32 Å². The second-order valence-corrected chi connectivity index (χ2v) is 4.62. The number of oxazole rings is 1. The molecule has 0 bridgehead atoms. The largest absolute Gasteiger partial charge is 0.437 e. The monoisotopic (exact) mass is 252 g/mol. The molecule has 0 spiro atoms. The molecule has 5 heteroatoms. The van der Waals surface area contributed by atoms with Crippen LogP contribution in [-0.2, 0) is 4.74 Å². The van der Waals surface area contributed by atoms with Gasteiger partial charge in [-0.3, -0.25) is 0 Å². The van der Waals surface area contributed by atoms with Crippen LogP contribution in [0.25, 0.3) is 11.1 Å². The van der Waals surface area contributed by atoms with Crippen LogP contribution >= 0.6 is 11.6 Å². The first-order valence-electron chi connectivity index (χ1n) is 5.63. The lowest BCUT2D eigenvalue weighted by Crippen LogP contribution is -2.33. The normalized spacial score (nSPS) is 20.9. The van der Waals surface area contributed by atoms with Gasteiger partial charge in [0.05, 0.1) is 6.61 Å². The van der Waals surface area contributed by atoms with E-state index in [1.54, 1.807) is 0 Å². The Morgan fingerprint density at radius 2 is 2.35 bits per heavy atom. The molecule has 17 heavy (non-hydrogen) atoms. The van der Waals surface area contributed by atoms with Crippen molar-refractivity contribution in [2.45, 2.75) is 13.0 Å². The molecule has 1 aromatic carbocycles. The van der Waals surface area contributed by atoms with E-state index in [-0.39, 0.29) is 6.10 Å². The zero-order chi connectivity index (χ0) is 11.8. The number of rotatable bonds is 1. The second-order valence-electron chi connectivity index (χ2n) is 4.19. The number of aromatic nitrogens is 1. The molecule has 1 fully saturated rings. The molecule has 1 aliphatic heterocycles. The standard InChI is InChI=1S/C12H13ClN2O2/c1-7-4-8(13)5-9-11(7)17-12(15-9)10-6-14-2-3-16-10/h4-5,10,14H,2-3,6H2,1H3. The summed E-state index contributed by atoms with van der Waals surface area (Å²) in [6, 6.07) is 3.69. The van der Waals surface area contributed by atoms with Crippen LogP contribution in [0.3, 0.4) is 0 Å². The van der Waals surface area contributed by atoms with Crippen molar-refractivity contribution in [2.24, 2.45) is 0 Å². The molecule has 1 aliphatic rings. The zero-order valence-corrected chi connectivity index (χ0v) is 10.3. The van der Waals surface area contributed by atoms with Gasteiger partial charge < -0.3 is 14.5 Å². The molecular formula is C12H13ClN2O2. The predicted molar refractivity (Wildman–Crippen MR) is 65.3 cm³/mol. The molecule has 3 rings (SSSR count). The lowest BCUT2D eigenvalue weighted by atomic mass is 10.2. The van der Waals surface area contributed by atoms with Gasteiger partial charge in [0, 0.05) is 18.1 Å². The summed E-state index contributed by atoms with van der Waals surface area (Å²) in [4.78, 5) is 4.44. The van der Waals surface area contributed by atoms with E-state index < -0.39 is 0 Å². The molecule has 0 radical (unpaired) electrons. The number of nitrogens with one attached hydrogen (secondary N) is 1. The van der Waals surface area contributed by atoms with E-state index in [0.717, 1.165) is 29.8 Å². The SMILES string of the molecule is Cc1cc(Cl)cc2nc(C3CNCCO3)oc12. The maximum absolute atomic E-state index is 5.99. The Morgan fingerprint density at radius 3 is 3.12 bits per heavy atom. The lowest BCUT2D eigenvalue weighted by molar-refractivity contribution is 0.0118. The van der Waals surface area contributed by atoms with Gasteiger partial charge in [-0.1, -0.05) is 11.6 Å². The number of hydrogen-bond donors (Lipinski definition) is 1. The second kappa shape index (κ2) is 4.29. The minimum absolute atomic E-state index is 0.102. The van der Waals surface area contributed by atoms with E-state index in [0.29, 0.717) is 17.5 Å². The minimum atomic E-state index is -0.102. The molecule has 0 saturated carbocycles. The zero-order valence-electron chi connectivity index (χ0n) is 9.50. The van der Waals surface area contributed by atoms with E-state index in [1.165, 1.54) is 0 Å². The highest BCUT2D eigenvalue weighted by Gasteiger charge is 2.22. The van der Waals surface area contributed by atoms with E-state index in [2.05, 4.69) is 10.3 Å². The van der Waals surface area contributed by atoms with Crippen molar-refractivity contribution in [1.82, 2.24) is 10.3 Å². The van der Waals surface area contributed by atoms with Crippen molar-refractivity contribution in [2.75, 3.05) is 19.7 Å². The fourth-order valence-electron chi connectivity index (χ4n) is 2.04. The highest BCUT2D eigenvalue weighted by molar-refractivity contribution is 6.31. The van der Waals surface area contributed by atoms with Crippen molar-refractivity contribution in [3.05, 3.63) is 28.6 Å². The number of hydrogen-bond acceptors (Lipinski definition) is 4. The van der Waals surface area contributed by atoms with E-state index >= 15 is 0 Å². The summed E-state index contributed by atoms with van der Waals surface area (Å²) >= 11 is 5.99. The van der Waals surface area contributed by atoms with Gasteiger partial charge in [-0.05, 0) is 24.6 Å². The van der Waals surface area contributed by atoms with Gasteiger partial charge in [0.15, 0.2) is 5.58 Å². The quantitative estimate of drug-likeness (QED) is 0.847. The van der Waals surface area contributed by atoms with Crippen molar-refractivity contribution < 1.29 is 9.15 Å². The van der Waals surface area contributed by atoms with Crippen LogP contribution in [0.5, 0.6) is 0 Å². The van der Waals surface area contributed by atoms with Gasteiger partial charge in [-0.2, -0.15) is 0 Å². The molecule has 2 aromatic rings. The van der Waals surface area contributed by atoms with Gasteiger partial charge in [0.2, 0.25) is 5.89 Å². The van der Waals surface area contributed by atoms with Gasteiger partial charge in [-0.15, -0.1) is 0 Å². The van der Waals surface area contributed by atoms with Crippen LogP contribution in [0.1, 0.15) is 17.6 Å². The van der Waals surface area contributed by atoms with Crippen LogP contribution in [0.4, 0.5) is 0 Å². The molecule has 1 N–H and O–H groups in total. The molecule has 1 unspecified atom stereocenters. The first-order chi connectivity index (χ1) is 8.24. The number of ether oxygens (including phenoxy) is 1. The Labute approximate surface area is 104 Å². The number of aryl methyl sites for hydroxylation is 1. The summed E-state index contributed by atoms with van der Waals surface area (Å²) in [5.41, 5.74) is 2.58. The number of benzene rings is 1. The van der Waals surface area contributed by atoms with Gasteiger partial charge >= 0.3 is 0 Å². The van der Waals surface area contributed by atoms with E-state index in [1.807, 2.05) is 19.1 Å². The molecule has 1 saturated heterocycles. The topological polar surface area (TPSA) is 47.3 Å². The van der Waals surface area contributed by atoms with Crippen LogP contribution in [0, 0.1) is 6.92 Å². The first kappa shape index (κ1) is 11.0. The van der Waals surface area contributed by atoms with Crippen LogP contribution in [-0.4, -0.2) is 24.7 Å². The minimum Gasteiger partial charge on any atom is -0.437 e. The highest BCUT2D eigenvalue weighted by atomic mass is 35.5. The number of morpholine rings is 1. The maximum Gasteiger partial charge on any atom is 0.225 e. The Bertz CT molecular complexity index is 547. The summed E-state index contributed by atoms with van der Waals surface area (Å²) in [6.45, 7) is 4.26. The van der Waals surface area contributed by atoms with Crippen LogP contribution in [0.2, 0.25) is 5.02 Å². The first-order valence-corrected chi connectivity index (χ1v) is 6.01. The van der Waals surface area contributed by atoms with E-state index in [9.17, 15) is 0 Å². The smallest absolute Gasteiger partial charge is 0.225 e. The summed E-state index contributed by atoms with van der Waals surface area (Å²) in [5, 5.41) is 3.93. The maximum atomic E-state index is 5.99. The number of halogens is 1. The summed E-state index contributed by atoms with van der Waals surface area (Å²) in [6.07, 6.45) is -0.102. The van der Waals surface area contributed by atoms with Gasteiger partial charge in [-0.25, -0.2) is 4.98 Å². The average molecular weight is 253 g/mol. The van der Waals surface area contributed by atoms with Crippen LogP contribution in [0.15, 0.2) is 16.5 Å². The third-order valence-corrected chi connectivity index (χ3v) is 3.08. The number of nitrogens with zero attached hydrogens (tertiary/aromatic N) is 1. The third kappa shape index (κ3) is 2.04. The van der Waals surface area contributed by atoms with Crippen molar-refractivity contribution in [1.29, 1.82) is 0 Å². The highest BCUT2D eigenvalue weighted by Crippen LogP contribution is 2.28. The average Bonchev–Trinajstić information content (AvgIpc) is 2.74. The molecule has 0 aliphatic carbocycles. The summed E-state index contributed by atoms with van der Waals surface area (Å²) in [7, 11) is 0. The Hall–Kier alpha value is -1.10. The summed E-state index contributed by atoms with van der Waals surface area (Å²) in [5.74, 6) is 0.623. The van der Waals surface area contributed by atoms with Crippen molar-refractivity contribution >= 4 is 22.7 Å². The molecule has 2 heterocycles. The van der Waals surface area contributed by atoms with Gasteiger partial charge in [0.25, 0.3) is 0 Å². The Balaban J connectivity index is 2.03. The molecular weight excluding hydrogens is 240 g/mol. The molecule has 0 amide bonds. The fourth-order valence-corrected chi connectivity index (χ4v) is 2.30. The predicted octanol–water partition coefficient (Wildman–Crippen LogP) is 2.45. The lowest BCUT2D eigenvalue weighted by Gasteiger charge is -2.20. The summed E-state index contributed by atoms with van der Waals surface area (Å²) < 4.78 is 11.4. The Morgan fingerprint density at radius 1 is 1.47 bits per heavy atom. The van der Waals surface area contributed by atoms with Crippen molar-refractivity contribution in [3.8, 4) is 0 Å². The molecule has 90 valence electrons. The molecule has 1 atom stereocenters.